The van der Waals surface area contributed by atoms with Crippen LogP contribution >= 0.6 is 0 Å². The molecule has 3 nitrogen and oxygen atoms in total. The topological polar surface area (TPSA) is 44.3 Å². The minimum Gasteiger partial charge on any atom is -0.381 e. The van der Waals surface area contributed by atoms with E-state index in [-0.39, 0.29) is 6.73 Å². The van der Waals surface area contributed by atoms with Gasteiger partial charge in [-0.05, 0) is 0 Å². The van der Waals surface area contributed by atoms with Crippen molar-refractivity contribution < 1.29 is 5.11 Å². The predicted octanol–water partition coefficient (Wildman–Crippen LogP) is -0.476. The molecule has 0 amide bonds. The Balaban J connectivity index is 2.75. The number of nitrogens with one attached hydrogen (secondary N) is 2. The molecular weight excluding hydrogens is 116 g/mol. The molecule has 3 N–H and O–H groups in total. The van der Waals surface area contributed by atoms with Crippen molar-refractivity contribution in [2.45, 2.75) is 19.9 Å². The van der Waals surface area contributed by atoms with Crippen LogP contribution < -0.4 is 10.6 Å². The lowest BCUT2D eigenvalue weighted by Crippen LogP contribution is -2.31. The maximum atomic E-state index is 8.29. The van der Waals surface area contributed by atoms with E-state index in [4.69, 9.17) is 5.11 Å². The first-order chi connectivity index (χ1) is 4.27. The first kappa shape index (κ1) is 8.88. The van der Waals surface area contributed by atoms with Crippen molar-refractivity contribution >= 4 is 0 Å². The van der Waals surface area contributed by atoms with E-state index < -0.39 is 0 Å². The fraction of sp³-hybridized carbons (Fsp3) is 1.00. The molecule has 0 fully saturated rings. The van der Waals surface area contributed by atoms with Crippen LogP contribution in [0.2, 0.25) is 0 Å². The van der Waals surface area contributed by atoms with Gasteiger partial charge in [-0.3, -0.25) is 5.32 Å². The smallest absolute Gasteiger partial charge is 0.0931 e. The molecule has 0 heterocycles. The Bertz CT molecular complexity index is 57.0. The lowest BCUT2D eigenvalue weighted by Gasteiger charge is -2.06. The van der Waals surface area contributed by atoms with Crippen molar-refractivity contribution in [2.24, 2.45) is 0 Å². The van der Waals surface area contributed by atoms with Crippen LogP contribution in [0.4, 0.5) is 0 Å². The van der Waals surface area contributed by atoms with E-state index in [1.165, 1.54) is 0 Å². The Kier molecular flexibility index (Phi) is 5.93. The molecule has 0 unspecified atom stereocenters. The maximum Gasteiger partial charge on any atom is 0.0931 e. The highest BCUT2D eigenvalue weighted by atomic mass is 16.3. The molecule has 3 heteroatoms. The fourth-order valence-electron chi connectivity index (χ4n) is 0.528. The Morgan fingerprint density at radius 1 is 1.33 bits per heavy atom. The SMILES string of the molecule is CC(C)NCCNCO. The molecule has 56 valence electrons. The van der Waals surface area contributed by atoms with Gasteiger partial charge < -0.3 is 10.4 Å². The van der Waals surface area contributed by atoms with Crippen molar-refractivity contribution in [2.75, 3.05) is 19.8 Å². The van der Waals surface area contributed by atoms with Crippen molar-refractivity contribution in [1.29, 1.82) is 0 Å². The van der Waals surface area contributed by atoms with Crippen molar-refractivity contribution in [1.82, 2.24) is 10.6 Å². The van der Waals surface area contributed by atoms with Crippen LogP contribution in [-0.4, -0.2) is 31.0 Å². The lowest BCUT2D eigenvalue weighted by atomic mass is 10.4. The highest BCUT2D eigenvalue weighted by Gasteiger charge is 1.88. The Morgan fingerprint density at radius 2 is 2.00 bits per heavy atom. The van der Waals surface area contributed by atoms with Crippen LogP contribution in [0, 0.1) is 0 Å². The van der Waals surface area contributed by atoms with Gasteiger partial charge in [-0.25, -0.2) is 0 Å². The number of hydrogen-bond donors (Lipinski definition) is 3. The average molecular weight is 132 g/mol. The molecule has 0 bridgehead atoms. The largest absolute Gasteiger partial charge is 0.381 e. The summed E-state index contributed by atoms with van der Waals surface area (Å²) >= 11 is 0. The molecule has 0 aliphatic carbocycles. The number of rotatable bonds is 5. The summed E-state index contributed by atoms with van der Waals surface area (Å²) in [5, 5.41) is 14.3. The van der Waals surface area contributed by atoms with Crippen molar-refractivity contribution in [3.63, 3.8) is 0 Å². The van der Waals surface area contributed by atoms with Crippen molar-refractivity contribution in [3.8, 4) is 0 Å². The second-order valence-electron chi connectivity index (χ2n) is 2.27. The van der Waals surface area contributed by atoms with Gasteiger partial charge in [0.05, 0.1) is 6.73 Å². The molecule has 0 aromatic carbocycles. The third-order valence-corrected chi connectivity index (χ3v) is 0.966. The van der Waals surface area contributed by atoms with Gasteiger partial charge in [0, 0.05) is 19.1 Å². The molecular formula is C6H16N2O. The highest BCUT2D eigenvalue weighted by Crippen LogP contribution is 1.72. The zero-order valence-electron chi connectivity index (χ0n) is 6.15. The van der Waals surface area contributed by atoms with E-state index in [1.54, 1.807) is 0 Å². The molecule has 0 rings (SSSR count). The molecule has 0 saturated carbocycles. The lowest BCUT2D eigenvalue weighted by molar-refractivity contribution is 0.260. The van der Waals surface area contributed by atoms with E-state index in [0.717, 1.165) is 13.1 Å². The minimum atomic E-state index is 0.0692. The Labute approximate surface area is 56.5 Å². The van der Waals surface area contributed by atoms with Crippen LogP contribution in [0.15, 0.2) is 0 Å². The first-order valence-electron chi connectivity index (χ1n) is 3.32. The van der Waals surface area contributed by atoms with Gasteiger partial charge in [0.2, 0.25) is 0 Å². The Morgan fingerprint density at radius 3 is 2.44 bits per heavy atom. The van der Waals surface area contributed by atoms with E-state index >= 15 is 0 Å². The van der Waals surface area contributed by atoms with Gasteiger partial charge in [-0.15, -0.1) is 0 Å². The molecule has 0 saturated heterocycles. The third kappa shape index (κ3) is 7.88. The molecule has 0 radical (unpaired) electrons. The van der Waals surface area contributed by atoms with E-state index in [2.05, 4.69) is 24.5 Å². The summed E-state index contributed by atoms with van der Waals surface area (Å²) in [4.78, 5) is 0. The van der Waals surface area contributed by atoms with Gasteiger partial charge >= 0.3 is 0 Å². The van der Waals surface area contributed by atoms with E-state index in [0.29, 0.717) is 6.04 Å². The molecule has 0 spiro atoms. The Hall–Kier alpha value is -0.120. The summed E-state index contributed by atoms with van der Waals surface area (Å²) in [5.74, 6) is 0. The number of hydrogen-bond acceptors (Lipinski definition) is 3. The molecule has 0 aliphatic rings. The van der Waals surface area contributed by atoms with Gasteiger partial charge in [0.1, 0.15) is 0 Å². The number of aliphatic hydroxyl groups is 1. The summed E-state index contributed by atoms with van der Waals surface area (Å²) in [5.41, 5.74) is 0. The van der Waals surface area contributed by atoms with Crippen LogP contribution in [0.25, 0.3) is 0 Å². The van der Waals surface area contributed by atoms with Crippen LogP contribution in [0.5, 0.6) is 0 Å². The van der Waals surface area contributed by atoms with Gasteiger partial charge in [-0.1, -0.05) is 13.8 Å². The van der Waals surface area contributed by atoms with E-state index in [9.17, 15) is 0 Å². The number of aliphatic hydroxyl groups excluding tert-OH is 1. The fourth-order valence-corrected chi connectivity index (χ4v) is 0.528. The normalized spacial score (nSPS) is 10.7. The molecule has 0 atom stereocenters. The molecule has 0 aliphatic heterocycles. The summed E-state index contributed by atoms with van der Waals surface area (Å²) in [6.45, 7) is 6.00. The van der Waals surface area contributed by atoms with Gasteiger partial charge in [0.15, 0.2) is 0 Å². The van der Waals surface area contributed by atoms with Gasteiger partial charge in [0.25, 0.3) is 0 Å². The maximum absolute atomic E-state index is 8.29. The molecule has 0 aromatic heterocycles. The minimum absolute atomic E-state index is 0.0692. The van der Waals surface area contributed by atoms with E-state index in [1.807, 2.05) is 0 Å². The molecule has 0 aromatic rings. The second kappa shape index (κ2) is 6.01. The average Bonchev–Trinajstić information content (AvgIpc) is 1.80. The summed E-state index contributed by atoms with van der Waals surface area (Å²) in [6, 6.07) is 0.533. The zero-order chi connectivity index (χ0) is 7.11. The quantitative estimate of drug-likeness (QED) is 0.350. The summed E-state index contributed by atoms with van der Waals surface area (Å²) < 4.78 is 0. The van der Waals surface area contributed by atoms with Crippen LogP contribution in [0.3, 0.4) is 0 Å². The predicted molar refractivity (Wildman–Crippen MR) is 38.2 cm³/mol. The summed E-state index contributed by atoms with van der Waals surface area (Å²) in [7, 11) is 0. The molecule has 9 heavy (non-hydrogen) atoms. The van der Waals surface area contributed by atoms with Gasteiger partial charge in [-0.2, -0.15) is 0 Å². The van der Waals surface area contributed by atoms with Crippen molar-refractivity contribution in [3.05, 3.63) is 0 Å². The van der Waals surface area contributed by atoms with Crippen LogP contribution in [0.1, 0.15) is 13.8 Å². The third-order valence-electron chi connectivity index (χ3n) is 0.966. The zero-order valence-corrected chi connectivity index (χ0v) is 6.15. The summed E-state index contributed by atoms with van der Waals surface area (Å²) in [6.07, 6.45) is 0. The first-order valence-corrected chi connectivity index (χ1v) is 3.32. The highest BCUT2D eigenvalue weighted by molar-refractivity contribution is 4.52. The monoisotopic (exact) mass is 132 g/mol. The second-order valence-corrected chi connectivity index (χ2v) is 2.27. The standard InChI is InChI=1S/C6H16N2O/c1-6(2)8-4-3-7-5-9/h6-9H,3-5H2,1-2H3. The van der Waals surface area contributed by atoms with Crippen LogP contribution in [-0.2, 0) is 0 Å².